The van der Waals surface area contributed by atoms with Gasteiger partial charge in [0.1, 0.15) is 0 Å². The van der Waals surface area contributed by atoms with Crippen LogP contribution in [0.25, 0.3) is 0 Å². The number of amides is 1. The topological polar surface area (TPSA) is 49.8 Å². The first-order chi connectivity index (χ1) is 9.13. The van der Waals surface area contributed by atoms with Gasteiger partial charge in [-0.2, -0.15) is 0 Å². The smallest absolute Gasteiger partial charge is 0.257 e. The molecule has 0 aliphatic rings. The maximum Gasteiger partial charge on any atom is 0.257 e. The van der Waals surface area contributed by atoms with Gasteiger partial charge in [-0.25, -0.2) is 0 Å². The van der Waals surface area contributed by atoms with Gasteiger partial charge in [0.2, 0.25) is 0 Å². The van der Waals surface area contributed by atoms with Crippen molar-refractivity contribution in [2.24, 2.45) is 0 Å². The van der Waals surface area contributed by atoms with Crippen molar-refractivity contribution in [3.05, 3.63) is 46.2 Å². The lowest BCUT2D eigenvalue weighted by Gasteiger charge is -2.17. The summed E-state index contributed by atoms with van der Waals surface area (Å²) in [6, 6.07) is 8.81. The number of para-hydroxylation sites is 1. The molecule has 4 nitrogen and oxygen atoms in total. The quantitative estimate of drug-likeness (QED) is 0.935. The van der Waals surface area contributed by atoms with Crippen molar-refractivity contribution in [1.82, 2.24) is 4.90 Å². The number of ether oxygens (including phenoxy) is 1. The Morgan fingerprint density at radius 3 is 2.79 bits per heavy atom. The van der Waals surface area contributed by atoms with Crippen LogP contribution in [0.5, 0.6) is 11.5 Å². The number of thiophene rings is 1. The molecule has 1 aromatic carbocycles. The summed E-state index contributed by atoms with van der Waals surface area (Å²) >= 11 is 1.59. The molecule has 100 valence electrons. The molecule has 0 unspecified atom stereocenters. The molecular weight excluding hydrogens is 262 g/mol. The Balaban J connectivity index is 2.19. The minimum atomic E-state index is -0.232. The summed E-state index contributed by atoms with van der Waals surface area (Å²) in [6.45, 7) is 0.521. The molecule has 0 bridgehead atoms. The Hall–Kier alpha value is -2.01. The molecule has 1 amide bonds. The van der Waals surface area contributed by atoms with Gasteiger partial charge in [-0.15, -0.1) is 11.3 Å². The van der Waals surface area contributed by atoms with Crippen LogP contribution in [0.15, 0.2) is 35.7 Å². The second-order valence-corrected chi connectivity index (χ2v) is 5.13. The summed E-state index contributed by atoms with van der Waals surface area (Å²) in [4.78, 5) is 14.9. The number of phenols is 1. The molecule has 2 aromatic rings. The normalized spacial score (nSPS) is 10.2. The first kappa shape index (κ1) is 13.4. The fourth-order valence-corrected chi connectivity index (χ4v) is 2.53. The highest BCUT2D eigenvalue weighted by Gasteiger charge is 2.18. The molecule has 0 saturated carbocycles. The summed E-state index contributed by atoms with van der Waals surface area (Å²) in [7, 11) is 3.17. The number of hydrogen-bond donors (Lipinski definition) is 1. The second-order valence-electron chi connectivity index (χ2n) is 4.10. The Bertz CT molecular complexity index is 566. The van der Waals surface area contributed by atoms with Crippen LogP contribution in [0.3, 0.4) is 0 Å². The largest absolute Gasteiger partial charge is 0.504 e. The third-order valence-corrected chi connectivity index (χ3v) is 3.63. The zero-order valence-corrected chi connectivity index (χ0v) is 11.6. The predicted molar refractivity (Wildman–Crippen MR) is 74.8 cm³/mol. The Morgan fingerprint density at radius 1 is 1.37 bits per heavy atom. The third-order valence-electron chi connectivity index (χ3n) is 2.77. The minimum Gasteiger partial charge on any atom is -0.504 e. The summed E-state index contributed by atoms with van der Waals surface area (Å²) in [5.41, 5.74) is 0.249. The van der Waals surface area contributed by atoms with Crippen molar-refractivity contribution in [2.45, 2.75) is 6.54 Å². The van der Waals surface area contributed by atoms with Crippen molar-refractivity contribution in [3.8, 4) is 11.5 Å². The first-order valence-electron chi connectivity index (χ1n) is 5.77. The van der Waals surface area contributed by atoms with Crippen LogP contribution in [0.4, 0.5) is 0 Å². The van der Waals surface area contributed by atoms with E-state index in [1.54, 1.807) is 41.5 Å². The number of aromatic hydroxyl groups is 1. The van der Waals surface area contributed by atoms with E-state index in [9.17, 15) is 9.90 Å². The van der Waals surface area contributed by atoms with Gasteiger partial charge in [0.25, 0.3) is 5.91 Å². The van der Waals surface area contributed by atoms with Gasteiger partial charge < -0.3 is 14.7 Å². The minimum absolute atomic E-state index is 0.118. The van der Waals surface area contributed by atoms with Gasteiger partial charge in [0, 0.05) is 11.9 Å². The zero-order valence-electron chi connectivity index (χ0n) is 10.8. The number of rotatable bonds is 4. The van der Waals surface area contributed by atoms with E-state index in [-0.39, 0.29) is 17.2 Å². The van der Waals surface area contributed by atoms with E-state index in [1.807, 2.05) is 17.5 Å². The summed E-state index contributed by atoms with van der Waals surface area (Å²) in [5.74, 6) is -0.0480. The van der Waals surface area contributed by atoms with E-state index in [0.717, 1.165) is 4.88 Å². The van der Waals surface area contributed by atoms with Gasteiger partial charge >= 0.3 is 0 Å². The molecule has 0 spiro atoms. The van der Waals surface area contributed by atoms with Crippen LogP contribution in [0, 0.1) is 0 Å². The molecule has 0 saturated heterocycles. The molecule has 0 fully saturated rings. The van der Waals surface area contributed by atoms with Crippen LogP contribution < -0.4 is 4.74 Å². The fourth-order valence-electron chi connectivity index (χ4n) is 1.77. The first-order valence-corrected chi connectivity index (χ1v) is 6.65. The van der Waals surface area contributed by atoms with Crippen LogP contribution in [0.2, 0.25) is 0 Å². The number of carbonyl (C=O) groups excluding carboxylic acids is 1. The molecule has 1 aromatic heterocycles. The van der Waals surface area contributed by atoms with Crippen molar-refractivity contribution in [1.29, 1.82) is 0 Å². The van der Waals surface area contributed by atoms with Crippen molar-refractivity contribution in [2.75, 3.05) is 14.2 Å². The third kappa shape index (κ3) is 2.88. The SMILES string of the molecule is COc1cccc(C(=O)N(C)Cc2cccs2)c1O. The fraction of sp³-hybridized carbons (Fsp3) is 0.214. The molecule has 1 N–H and O–H groups in total. The molecule has 0 aliphatic carbocycles. The lowest BCUT2D eigenvalue weighted by molar-refractivity contribution is 0.0783. The van der Waals surface area contributed by atoms with Gasteiger partial charge in [-0.3, -0.25) is 4.79 Å². The van der Waals surface area contributed by atoms with Crippen molar-refractivity contribution in [3.63, 3.8) is 0 Å². The zero-order chi connectivity index (χ0) is 13.8. The molecule has 0 radical (unpaired) electrons. The lowest BCUT2D eigenvalue weighted by Crippen LogP contribution is -2.25. The predicted octanol–water partition coefficient (Wildman–Crippen LogP) is 2.73. The summed E-state index contributed by atoms with van der Waals surface area (Å²) < 4.78 is 5.00. The Kier molecular flexibility index (Phi) is 4.06. The van der Waals surface area contributed by atoms with E-state index < -0.39 is 0 Å². The maximum absolute atomic E-state index is 12.3. The number of phenolic OH excluding ortho intramolecular Hbond substituents is 1. The van der Waals surface area contributed by atoms with Crippen LogP contribution >= 0.6 is 11.3 Å². The number of methoxy groups -OCH3 is 1. The van der Waals surface area contributed by atoms with Crippen LogP contribution in [-0.2, 0) is 6.54 Å². The number of hydrogen-bond acceptors (Lipinski definition) is 4. The van der Waals surface area contributed by atoms with E-state index in [1.165, 1.54) is 7.11 Å². The molecule has 0 aliphatic heterocycles. The molecule has 5 heteroatoms. The summed E-state index contributed by atoms with van der Waals surface area (Å²) in [5, 5.41) is 11.9. The number of benzene rings is 1. The maximum atomic E-state index is 12.3. The Labute approximate surface area is 115 Å². The van der Waals surface area contributed by atoms with E-state index in [4.69, 9.17) is 4.74 Å². The van der Waals surface area contributed by atoms with Gasteiger partial charge in [-0.05, 0) is 23.6 Å². The van der Waals surface area contributed by atoms with E-state index in [0.29, 0.717) is 12.3 Å². The second kappa shape index (κ2) is 5.75. The molecule has 0 atom stereocenters. The standard InChI is InChI=1S/C14H15NO3S/c1-15(9-10-5-4-8-19-10)14(17)11-6-3-7-12(18-2)13(11)16/h3-8,16H,9H2,1-2H3. The molecule has 2 rings (SSSR count). The summed E-state index contributed by atoms with van der Waals surface area (Å²) in [6.07, 6.45) is 0. The van der Waals surface area contributed by atoms with Gasteiger partial charge in [-0.1, -0.05) is 12.1 Å². The highest BCUT2D eigenvalue weighted by atomic mass is 32.1. The number of nitrogens with zero attached hydrogens (tertiary/aromatic N) is 1. The molecule has 1 heterocycles. The lowest BCUT2D eigenvalue weighted by atomic mass is 10.1. The van der Waals surface area contributed by atoms with Crippen molar-refractivity contribution >= 4 is 17.2 Å². The number of carbonyl (C=O) groups is 1. The Morgan fingerprint density at radius 2 is 2.16 bits per heavy atom. The van der Waals surface area contributed by atoms with Gasteiger partial charge in [0.05, 0.1) is 19.2 Å². The monoisotopic (exact) mass is 277 g/mol. The van der Waals surface area contributed by atoms with E-state index in [2.05, 4.69) is 0 Å². The highest BCUT2D eigenvalue weighted by Crippen LogP contribution is 2.30. The van der Waals surface area contributed by atoms with E-state index >= 15 is 0 Å². The van der Waals surface area contributed by atoms with Crippen molar-refractivity contribution < 1.29 is 14.6 Å². The highest BCUT2D eigenvalue weighted by molar-refractivity contribution is 7.09. The van der Waals surface area contributed by atoms with Crippen LogP contribution in [-0.4, -0.2) is 30.1 Å². The average Bonchev–Trinajstić information content (AvgIpc) is 2.91. The van der Waals surface area contributed by atoms with Crippen LogP contribution in [0.1, 0.15) is 15.2 Å². The van der Waals surface area contributed by atoms with Gasteiger partial charge in [0.15, 0.2) is 11.5 Å². The molecular formula is C14H15NO3S. The average molecular weight is 277 g/mol. The molecule has 19 heavy (non-hydrogen) atoms.